The normalized spacial score (nSPS) is 11.8. The highest BCUT2D eigenvalue weighted by Crippen LogP contribution is 2.28. The third-order valence-corrected chi connectivity index (χ3v) is 3.38. The maximum Gasteiger partial charge on any atom is 0.310 e. The van der Waals surface area contributed by atoms with Crippen LogP contribution in [-0.4, -0.2) is 26.7 Å². The number of hydrogen-bond donors (Lipinski definition) is 1. The van der Waals surface area contributed by atoms with Crippen molar-refractivity contribution in [2.24, 2.45) is 5.92 Å². The minimum absolute atomic E-state index is 0.142. The van der Waals surface area contributed by atoms with E-state index in [9.17, 15) is 4.79 Å². The first-order valence-corrected chi connectivity index (χ1v) is 6.50. The molecule has 1 aromatic carbocycles. The quantitative estimate of drug-likeness (QED) is 0.803. The second-order valence-electron chi connectivity index (χ2n) is 4.65. The lowest BCUT2D eigenvalue weighted by molar-refractivity contribution is -0.145. The molecule has 0 radical (unpaired) electrons. The Bertz CT molecular complexity index is 443. The molecule has 19 heavy (non-hydrogen) atoms. The summed E-state index contributed by atoms with van der Waals surface area (Å²) in [5.74, 6) is 0.469. The molecule has 1 aromatic rings. The molecule has 1 rings (SSSR count). The minimum Gasteiger partial charge on any atom is -0.495 e. The Kier molecular flexibility index (Phi) is 5.67. The molecule has 0 aromatic heterocycles. The number of anilines is 1. The number of hydrogen-bond acceptors (Lipinski definition) is 4. The van der Waals surface area contributed by atoms with Crippen LogP contribution in [0.5, 0.6) is 5.75 Å². The predicted molar refractivity (Wildman–Crippen MR) is 76.8 cm³/mol. The van der Waals surface area contributed by atoms with E-state index < -0.39 is 0 Å². The van der Waals surface area contributed by atoms with E-state index in [1.54, 1.807) is 7.11 Å². The topological polar surface area (TPSA) is 47.6 Å². The zero-order chi connectivity index (χ0) is 14.4. The van der Waals surface area contributed by atoms with Gasteiger partial charge in [-0.1, -0.05) is 6.92 Å². The standard InChI is InChI=1S/C15H23NO3/c1-6-12(15(17)19-5)9-16-13-7-10(2)11(3)8-14(13)18-4/h7-8,12,16H,6,9H2,1-5H3. The van der Waals surface area contributed by atoms with Crippen LogP contribution >= 0.6 is 0 Å². The van der Waals surface area contributed by atoms with Gasteiger partial charge in [-0.15, -0.1) is 0 Å². The Morgan fingerprint density at radius 2 is 1.89 bits per heavy atom. The van der Waals surface area contributed by atoms with Gasteiger partial charge in [-0.25, -0.2) is 0 Å². The Labute approximate surface area is 115 Å². The molecule has 0 amide bonds. The van der Waals surface area contributed by atoms with Crippen molar-refractivity contribution in [3.05, 3.63) is 23.3 Å². The van der Waals surface area contributed by atoms with Gasteiger partial charge in [0, 0.05) is 6.54 Å². The number of carbonyl (C=O) groups is 1. The largest absolute Gasteiger partial charge is 0.495 e. The first kappa shape index (κ1) is 15.3. The van der Waals surface area contributed by atoms with Gasteiger partial charge in [-0.2, -0.15) is 0 Å². The summed E-state index contributed by atoms with van der Waals surface area (Å²) in [6.07, 6.45) is 0.743. The highest BCUT2D eigenvalue weighted by Gasteiger charge is 2.17. The van der Waals surface area contributed by atoms with Crippen LogP contribution in [0.2, 0.25) is 0 Å². The minimum atomic E-state index is -0.183. The van der Waals surface area contributed by atoms with E-state index in [2.05, 4.69) is 12.2 Å². The third kappa shape index (κ3) is 3.88. The molecule has 1 N–H and O–H groups in total. The van der Waals surface area contributed by atoms with Crippen LogP contribution in [0.25, 0.3) is 0 Å². The average Bonchev–Trinajstić information content (AvgIpc) is 2.42. The SMILES string of the molecule is CCC(CNc1cc(C)c(C)cc1OC)C(=O)OC. The fraction of sp³-hybridized carbons (Fsp3) is 0.533. The van der Waals surface area contributed by atoms with Crippen molar-refractivity contribution >= 4 is 11.7 Å². The van der Waals surface area contributed by atoms with Gasteiger partial charge in [-0.3, -0.25) is 4.79 Å². The summed E-state index contributed by atoms with van der Waals surface area (Å²) in [6.45, 7) is 6.62. The molecule has 0 spiro atoms. The molecule has 0 saturated heterocycles. The van der Waals surface area contributed by atoms with Gasteiger partial charge < -0.3 is 14.8 Å². The number of methoxy groups -OCH3 is 2. The summed E-state index contributed by atoms with van der Waals surface area (Å²) < 4.78 is 10.1. The highest BCUT2D eigenvalue weighted by atomic mass is 16.5. The fourth-order valence-corrected chi connectivity index (χ4v) is 1.89. The Hall–Kier alpha value is -1.71. The second-order valence-corrected chi connectivity index (χ2v) is 4.65. The lowest BCUT2D eigenvalue weighted by atomic mass is 10.1. The predicted octanol–water partition coefficient (Wildman–Crippen LogP) is 2.92. The van der Waals surface area contributed by atoms with Crippen molar-refractivity contribution in [1.82, 2.24) is 0 Å². The van der Waals surface area contributed by atoms with Crippen molar-refractivity contribution in [2.45, 2.75) is 27.2 Å². The van der Waals surface area contributed by atoms with Gasteiger partial charge in [0.05, 0.1) is 25.8 Å². The van der Waals surface area contributed by atoms with E-state index in [-0.39, 0.29) is 11.9 Å². The first-order valence-electron chi connectivity index (χ1n) is 6.50. The molecule has 4 nitrogen and oxygen atoms in total. The summed E-state index contributed by atoms with van der Waals surface area (Å²) in [5.41, 5.74) is 3.28. The van der Waals surface area contributed by atoms with Crippen molar-refractivity contribution in [2.75, 3.05) is 26.1 Å². The Balaban J connectivity index is 2.81. The number of esters is 1. The molecule has 4 heteroatoms. The van der Waals surface area contributed by atoms with Crippen LogP contribution in [0.3, 0.4) is 0 Å². The number of nitrogens with one attached hydrogen (secondary N) is 1. The molecule has 1 atom stereocenters. The Morgan fingerprint density at radius 3 is 2.42 bits per heavy atom. The van der Waals surface area contributed by atoms with Gasteiger partial charge in [-0.05, 0) is 43.5 Å². The zero-order valence-corrected chi connectivity index (χ0v) is 12.4. The lowest BCUT2D eigenvalue weighted by Gasteiger charge is -2.17. The molecule has 0 bridgehead atoms. The maximum atomic E-state index is 11.5. The Morgan fingerprint density at radius 1 is 1.26 bits per heavy atom. The molecule has 1 unspecified atom stereocenters. The van der Waals surface area contributed by atoms with E-state index >= 15 is 0 Å². The van der Waals surface area contributed by atoms with E-state index in [4.69, 9.17) is 9.47 Å². The van der Waals surface area contributed by atoms with Gasteiger partial charge >= 0.3 is 5.97 Å². The van der Waals surface area contributed by atoms with Crippen LogP contribution in [0.1, 0.15) is 24.5 Å². The molecular formula is C15H23NO3. The summed E-state index contributed by atoms with van der Waals surface area (Å²) in [7, 11) is 3.06. The average molecular weight is 265 g/mol. The van der Waals surface area contributed by atoms with Crippen molar-refractivity contribution in [1.29, 1.82) is 0 Å². The number of carbonyl (C=O) groups excluding carboxylic acids is 1. The smallest absolute Gasteiger partial charge is 0.310 e. The van der Waals surface area contributed by atoms with Gasteiger partial charge in [0.2, 0.25) is 0 Å². The van der Waals surface area contributed by atoms with Crippen LogP contribution in [0.15, 0.2) is 12.1 Å². The van der Waals surface area contributed by atoms with Gasteiger partial charge in [0.1, 0.15) is 5.75 Å². The molecule has 0 aliphatic rings. The van der Waals surface area contributed by atoms with Crippen molar-refractivity contribution in [3.8, 4) is 5.75 Å². The van der Waals surface area contributed by atoms with E-state index in [1.165, 1.54) is 18.2 Å². The summed E-state index contributed by atoms with van der Waals surface area (Å²) in [4.78, 5) is 11.5. The number of benzene rings is 1. The number of ether oxygens (including phenoxy) is 2. The molecule has 0 saturated carbocycles. The highest BCUT2D eigenvalue weighted by molar-refractivity contribution is 5.73. The van der Waals surface area contributed by atoms with E-state index in [0.29, 0.717) is 6.54 Å². The van der Waals surface area contributed by atoms with Crippen molar-refractivity contribution in [3.63, 3.8) is 0 Å². The molecule has 106 valence electrons. The fourth-order valence-electron chi connectivity index (χ4n) is 1.89. The monoisotopic (exact) mass is 265 g/mol. The first-order chi connectivity index (χ1) is 9.03. The number of rotatable bonds is 6. The third-order valence-electron chi connectivity index (χ3n) is 3.38. The number of aryl methyl sites for hydroxylation is 2. The lowest BCUT2D eigenvalue weighted by Crippen LogP contribution is -2.23. The van der Waals surface area contributed by atoms with Gasteiger partial charge in [0.15, 0.2) is 0 Å². The summed E-state index contributed by atoms with van der Waals surface area (Å²) in [6, 6.07) is 4.04. The van der Waals surface area contributed by atoms with Crippen molar-refractivity contribution < 1.29 is 14.3 Å². The van der Waals surface area contributed by atoms with E-state index in [0.717, 1.165) is 17.9 Å². The zero-order valence-electron chi connectivity index (χ0n) is 12.4. The molecule has 0 aliphatic carbocycles. The maximum absolute atomic E-state index is 11.5. The summed E-state index contributed by atoms with van der Waals surface area (Å²) in [5, 5.41) is 3.27. The van der Waals surface area contributed by atoms with Crippen LogP contribution in [-0.2, 0) is 9.53 Å². The van der Waals surface area contributed by atoms with Crippen LogP contribution < -0.4 is 10.1 Å². The molecule has 0 heterocycles. The van der Waals surface area contributed by atoms with Crippen LogP contribution in [0.4, 0.5) is 5.69 Å². The van der Waals surface area contributed by atoms with Gasteiger partial charge in [0.25, 0.3) is 0 Å². The summed E-state index contributed by atoms with van der Waals surface area (Å²) >= 11 is 0. The second kappa shape index (κ2) is 7.02. The molecule has 0 fully saturated rings. The molecular weight excluding hydrogens is 242 g/mol. The van der Waals surface area contributed by atoms with E-state index in [1.807, 2.05) is 26.0 Å². The molecule has 0 aliphatic heterocycles. The van der Waals surface area contributed by atoms with Crippen LogP contribution in [0, 0.1) is 19.8 Å².